The highest BCUT2D eigenvalue weighted by molar-refractivity contribution is 7.92. The number of rotatable bonds is 4. The first kappa shape index (κ1) is 23.2. The molecule has 4 aliphatic heterocycles. The maximum absolute atomic E-state index is 12.1. The van der Waals surface area contributed by atoms with Crippen LogP contribution in [0.1, 0.15) is 22.6 Å². The molecule has 0 saturated carbocycles. The van der Waals surface area contributed by atoms with Crippen molar-refractivity contribution in [1.29, 1.82) is 4.78 Å². The average molecular weight is 510 g/mol. The number of anilines is 3. The Morgan fingerprint density at radius 3 is 2.69 bits per heavy atom. The molecule has 4 aliphatic rings. The number of aryl methyl sites for hydroxylation is 1. The standard InChI is InChI=1S/C25H31N7O3S/c1-3-22(33)32-12-19(13-32)31-10-18(11-31)17-8-16(2)23-21(9-17)29-24-20(14-35-23)25(28-15-27-24)30-4-6-36(26,34)7-5-30/h3,8-9,15,18-19,26H,1,4-7,10-14H2,2H3,(H,27,28,29). The van der Waals surface area contributed by atoms with E-state index >= 15 is 0 Å². The van der Waals surface area contributed by atoms with Crippen LogP contribution in [0.25, 0.3) is 0 Å². The van der Waals surface area contributed by atoms with E-state index in [0.29, 0.717) is 43.2 Å². The van der Waals surface area contributed by atoms with E-state index in [4.69, 9.17) is 9.52 Å². The molecule has 3 saturated heterocycles. The number of aromatic nitrogens is 2. The first-order valence-corrected chi connectivity index (χ1v) is 14.2. The molecule has 0 radical (unpaired) electrons. The van der Waals surface area contributed by atoms with Gasteiger partial charge in [0.15, 0.2) is 0 Å². The van der Waals surface area contributed by atoms with E-state index in [0.717, 1.165) is 60.4 Å². The maximum atomic E-state index is 12.1. The van der Waals surface area contributed by atoms with E-state index < -0.39 is 9.73 Å². The third-order valence-corrected chi connectivity index (χ3v) is 9.45. The van der Waals surface area contributed by atoms with Crippen LogP contribution in [0.2, 0.25) is 0 Å². The lowest BCUT2D eigenvalue weighted by atomic mass is 9.87. The normalized spacial score (nSPS) is 21.7. The molecule has 5 heterocycles. The van der Waals surface area contributed by atoms with E-state index in [-0.39, 0.29) is 5.91 Å². The Morgan fingerprint density at radius 2 is 1.97 bits per heavy atom. The highest BCUT2D eigenvalue weighted by atomic mass is 32.2. The second-order valence-corrected chi connectivity index (χ2v) is 12.6. The molecule has 0 unspecified atom stereocenters. The topological polar surface area (TPSA) is 115 Å². The molecular weight excluding hydrogens is 478 g/mol. The van der Waals surface area contributed by atoms with Gasteiger partial charge < -0.3 is 19.9 Å². The maximum Gasteiger partial charge on any atom is 0.246 e. The lowest BCUT2D eigenvalue weighted by Gasteiger charge is -2.52. The fraction of sp³-hybridized carbons (Fsp3) is 0.480. The zero-order valence-electron chi connectivity index (χ0n) is 20.4. The summed E-state index contributed by atoms with van der Waals surface area (Å²) < 4.78 is 26.3. The number of hydrogen-bond acceptors (Lipinski definition) is 9. The number of likely N-dealkylation sites (tertiary alicyclic amines) is 2. The number of nitrogens with one attached hydrogen (secondary N) is 2. The van der Waals surface area contributed by atoms with Gasteiger partial charge in [0.2, 0.25) is 5.91 Å². The van der Waals surface area contributed by atoms with Gasteiger partial charge in [-0.3, -0.25) is 14.5 Å². The average Bonchev–Trinajstić information content (AvgIpc) is 2.98. The Bertz CT molecular complexity index is 1320. The Morgan fingerprint density at radius 1 is 1.22 bits per heavy atom. The van der Waals surface area contributed by atoms with Gasteiger partial charge in [-0.05, 0) is 30.2 Å². The largest absolute Gasteiger partial charge is 0.486 e. The quantitative estimate of drug-likeness (QED) is 0.602. The summed E-state index contributed by atoms with van der Waals surface area (Å²) in [7, 11) is -2.48. The van der Waals surface area contributed by atoms with Gasteiger partial charge >= 0.3 is 0 Å². The van der Waals surface area contributed by atoms with Crippen molar-refractivity contribution in [2.45, 2.75) is 25.5 Å². The van der Waals surface area contributed by atoms with E-state index in [9.17, 15) is 9.00 Å². The monoisotopic (exact) mass is 509 g/mol. The van der Waals surface area contributed by atoms with Gasteiger partial charge in [0.25, 0.3) is 0 Å². The van der Waals surface area contributed by atoms with E-state index in [1.165, 1.54) is 11.6 Å². The SMILES string of the molecule is C=CC(=O)N1CC(N2CC(c3cc(C)c4c(c3)Nc3ncnc(N5CCS(=N)(=O)CC5)c3CO4)C2)C1. The van der Waals surface area contributed by atoms with Crippen molar-refractivity contribution in [2.24, 2.45) is 0 Å². The Hall–Kier alpha value is -3.18. The second kappa shape index (κ2) is 8.74. The van der Waals surface area contributed by atoms with Gasteiger partial charge in [0, 0.05) is 72.5 Å². The Kier molecular flexibility index (Phi) is 5.64. The predicted octanol–water partition coefficient (Wildman–Crippen LogP) is 2.08. The first-order valence-electron chi connectivity index (χ1n) is 12.3. The molecule has 1 aromatic heterocycles. The molecule has 6 rings (SSSR count). The van der Waals surface area contributed by atoms with Crippen molar-refractivity contribution in [3.63, 3.8) is 0 Å². The van der Waals surface area contributed by atoms with Crippen LogP contribution < -0.4 is 15.0 Å². The minimum Gasteiger partial charge on any atom is -0.486 e. The van der Waals surface area contributed by atoms with Gasteiger partial charge in [-0.25, -0.2) is 14.2 Å². The summed E-state index contributed by atoms with van der Waals surface area (Å²) in [6, 6.07) is 4.83. The van der Waals surface area contributed by atoms with E-state index in [2.05, 4.69) is 50.7 Å². The zero-order valence-corrected chi connectivity index (χ0v) is 21.2. The second-order valence-electron chi connectivity index (χ2n) is 10.1. The number of nitrogens with zero attached hydrogens (tertiary/aromatic N) is 5. The van der Waals surface area contributed by atoms with Crippen LogP contribution in [0.3, 0.4) is 0 Å². The smallest absolute Gasteiger partial charge is 0.246 e. The number of fused-ring (bicyclic) bond motifs is 2. The first-order chi connectivity index (χ1) is 17.3. The highest BCUT2D eigenvalue weighted by Crippen LogP contribution is 2.41. The molecule has 11 heteroatoms. The van der Waals surface area contributed by atoms with Gasteiger partial charge in [0.1, 0.15) is 30.3 Å². The summed E-state index contributed by atoms with van der Waals surface area (Å²) in [5.74, 6) is 3.49. The number of benzene rings is 1. The molecule has 0 bridgehead atoms. The van der Waals surface area contributed by atoms with Crippen molar-refractivity contribution >= 4 is 33.0 Å². The number of carbonyl (C=O) groups excluding carboxylic acids is 1. The molecule has 0 atom stereocenters. The summed E-state index contributed by atoms with van der Waals surface area (Å²) >= 11 is 0. The van der Waals surface area contributed by atoms with Crippen LogP contribution in [0, 0.1) is 11.7 Å². The predicted molar refractivity (Wildman–Crippen MR) is 139 cm³/mol. The number of carbonyl (C=O) groups is 1. The number of ether oxygens (including phenoxy) is 1. The van der Waals surface area contributed by atoms with Gasteiger partial charge in [-0.15, -0.1) is 0 Å². The summed E-state index contributed by atoms with van der Waals surface area (Å²) in [6.45, 7) is 10.6. The third-order valence-electron chi connectivity index (χ3n) is 7.76. The summed E-state index contributed by atoms with van der Waals surface area (Å²) in [6.07, 6.45) is 2.94. The van der Waals surface area contributed by atoms with Crippen LogP contribution in [0.5, 0.6) is 5.75 Å². The molecule has 0 spiro atoms. The van der Waals surface area contributed by atoms with Gasteiger partial charge in [-0.2, -0.15) is 0 Å². The fourth-order valence-electron chi connectivity index (χ4n) is 5.47. The number of hydrogen-bond donors (Lipinski definition) is 2. The molecule has 3 fully saturated rings. The van der Waals surface area contributed by atoms with Crippen LogP contribution in [-0.4, -0.2) is 86.7 Å². The molecule has 1 amide bonds. The zero-order chi connectivity index (χ0) is 25.0. The Balaban J connectivity index is 1.17. The fourth-order valence-corrected chi connectivity index (χ4v) is 6.70. The van der Waals surface area contributed by atoms with Crippen molar-refractivity contribution < 1.29 is 13.7 Å². The molecule has 2 N–H and O–H groups in total. The molecule has 36 heavy (non-hydrogen) atoms. The van der Waals surface area contributed by atoms with Gasteiger partial charge in [0.05, 0.1) is 11.3 Å². The summed E-state index contributed by atoms with van der Waals surface area (Å²) in [5, 5.41) is 3.50. The van der Waals surface area contributed by atoms with Crippen molar-refractivity contribution in [3.05, 3.63) is 47.8 Å². The third kappa shape index (κ3) is 4.09. The molecule has 190 valence electrons. The lowest BCUT2D eigenvalue weighted by Crippen LogP contribution is -2.65. The molecule has 0 aliphatic carbocycles. The molecule has 2 aromatic rings. The van der Waals surface area contributed by atoms with E-state index in [1.807, 2.05) is 4.90 Å². The van der Waals surface area contributed by atoms with Crippen molar-refractivity contribution in [1.82, 2.24) is 19.8 Å². The Labute approximate surface area is 211 Å². The lowest BCUT2D eigenvalue weighted by molar-refractivity contribution is -0.134. The van der Waals surface area contributed by atoms with E-state index in [1.54, 1.807) is 6.33 Å². The van der Waals surface area contributed by atoms with Crippen LogP contribution in [-0.2, 0) is 21.1 Å². The van der Waals surface area contributed by atoms with Crippen LogP contribution in [0.15, 0.2) is 31.1 Å². The van der Waals surface area contributed by atoms with Gasteiger partial charge in [-0.1, -0.05) is 12.6 Å². The minimum absolute atomic E-state index is 0.0133. The highest BCUT2D eigenvalue weighted by Gasteiger charge is 2.40. The summed E-state index contributed by atoms with van der Waals surface area (Å²) in [5.41, 5.74) is 4.14. The van der Waals surface area contributed by atoms with Crippen molar-refractivity contribution in [3.8, 4) is 5.75 Å². The van der Waals surface area contributed by atoms with Crippen LogP contribution in [0.4, 0.5) is 17.3 Å². The summed E-state index contributed by atoms with van der Waals surface area (Å²) in [4.78, 5) is 27.1. The number of amides is 1. The molecule has 10 nitrogen and oxygen atoms in total. The van der Waals surface area contributed by atoms with Crippen molar-refractivity contribution in [2.75, 3.05) is 61.0 Å². The molecular formula is C25H31N7O3S. The molecule has 1 aromatic carbocycles. The minimum atomic E-state index is -2.48. The van der Waals surface area contributed by atoms with Crippen LogP contribution >= 0.6 is 0 Å².